The zero-order valence-electron chi connectivity index (χ0n) is 12.5. The van der Waals surface area contributed by atoms with Gasteiger partial charge in [0.1, 0.15) is 5.75 Å². The fourth-order valence-corrected chi connectivity index (χ4v) is 3.81. The lowest BCUT2D eigenvalue weighted by atomic mass is 9.89. The Morgan fingerprint density at radius 2 is 2.04 bits per heavy atom. The molecule has 1 aromatic rings. The largest absolute Gasteiger partial charge is 0.433 e. The molecule has 0 aliphatic carbocycles. The molecule has 3 rings (SSSR count). The Bertz CT molecular complexity index is 573. The Morgan fingerprint density at radius 3 is 2.65 bits per heavy atom. The van der Waals surface area contributed by atoms with Crippen LogP contribution in [0, 0.1) is 5.92 Å². The van der Waals surface area contributed by atoms with Gasteiger partial charge in [0.25, 0.3) is 0 Å². The number of fused-ring (bicyclic) bond motifs is 2. The van der Waals surface area contributed by atoms with Gasteiger partial charge >= 0.3 is 6.61 Å². The molecule has 2 unspecified atom stereocenters. The van der Waals surface area contributed by atoms with E-state index in [9.17, 15) is 13.6 Å². The van der Waals surface area contributed by atoms with Crippen molar-refractivity contribution in [1.82, 2.24) is 5.32 Å². The van der Waals surface area contributed by atoms with Crippen molar-refractivity contribution in [2.24, 2.45) is 5.92 Å². The highest BCUT2D eigenvalue weighted by molar-refractivity contribution is 6.32. The standard InChI is InChI=1S/C16H19ClF2N2O2/c17-13-8-12(3-4-14(13)23-16(18)19)21-15(22)7-9-5-10-1-2-11(6-9)20-10/h3-4,8-11,16,20H,1-2,5-7H2,(H,21,22). The molecular weight excluding hydrogens is 326 g/mol. The molecule has 0 aromatic heterocycles. The third-order valence-corrected chi connectivity index (χ3v) is 4.77. The minimum Gasteiger partial charge on any atom is -0.433 e. The normalized spacial score (nSPS) is 26.3. The number of rotatable bonds is 5. The number of ether oxygens (including phenoxy) is 1. The average molecular weight is 345 g/mol. The first-order chi connectivity index (χ1) is 11.0. The molecule has 2 aliphatic heterocycles. The van der Waals surface area contributed by atoms with Crippen LogP contribution in [0.2, 0.25) is 5.02 Å². The van der Waals surface area contributed by atoms with Crippen LogP contribution in [0.15, 0.2) is 18.2 Å². The number of hydrogen-bond acceptors (Lipinski definition) is 3. The Labute approximate surface area is 138 Å². The lowest BCUT2D eigenvalue weighted by molar-refractivity contribution is -0.117. The molecule has 0 saturated carbocycles. The average Bonchev–Trinajstić information content (AvgIpc) is 2.80. The Morgan fingerprint density at radius 1 is 1.35 bits per heavy atom. The van der Waals surface area contributed by atoms with Crippen molar-refractivity contribution in [3.8, 4) is 5.75 Å². The van der Waals surface area contributed by atoms with Gasteiger partial charge in [0.05, 0.1) is 5.02 Å². The van der Waals surface area contributed by atoms with Crippen molar-refractivity contribution in [3.05, 3.63) is 23.2 Å². The molecule has 2 fully saturated rings. The minimum atomic E-state index is -2.93. The van der Waals surface area contributed by atoms with E-state index >= 15 is 0 Å². The number of nitrogens with one attached hydrogen (secondary N) is 2. The number of carbonyl (C=O) groups is 1. The quantitative estimate of drug-likeness (QED) is 0.854. The maximum atomic E-state index is 12.2. The maximum Gasteiger partial charge on any atom is 0.387 e. The Kier molecular flexibility index (Phi) is 5.02. The van der Waals surface area contributed by atoms with Crippen LogP contribution in [0.1, 0.15) is 32.1 Å². The Hall–Kier alpha value is -1.40. The van der Waals surface area contributed by atoms with E-state index in [1.165, 1.54) is 31.0 Å². The summed E-state index contributed by atoms with van der Waals surface area (Å²) in [5, 5.41) is 6.37. The van der Waals surface area contributed by atoms with Gasteiger partial charge in [-0.1, -0.05) is 11.6 Å². The topological polar surface area (TPSA) is 50.4 Å². The van der Waals surface area contributed by atoms with Gasteiger partial charge in [0, 0.05) is 24.2 Å². The first-order valence-corrected chi connectivity index (χ1v) is 8.17. The zero-order chi connectivity index (χ0) is 16.4. The second-order valence-corrected chi connectivity index (χ2v) is 6.66. The van der Waals surface area contributed by atoms with Crippen LogP contribution in [0.5, 0.6) is 5.75 Å². The molecule has 2 saturated heterocycles. The summed E-state index contributed by atoms with van der Waals surface area (Å²) in [7, 11) is 0. The van der Waals surface area contributed by atoms with E-state index < -0.39 is 6.61 Å². The van der Waals surface area contributed by atoms with E-state index in [0.717, 1.165) is 12.8 Å². The fraction of sp³-hybridized carbons (Fsp3) is 0.562. The first kappa shape index (κ1) is 16.5. The summed E-state index contributed by atoms with van der Waals surface area (Å²) in [6.45, 7) is -2.93. The molecule has 7 heteroatoms. The fourth-order valence-electron chi connectivity index (χ4n) is 3.59. The van der Waals surface area contributed by atoms with Crippen molar-refractivity contribution in [1.29, 1.82) is 0 Å². The molecule has 2 atom stereocenters. The van der Waals surface area contributed by atoms with Gasteiger partial charge in [-0.2, -0.15) is 8.78 Å². The van der Waals surface area contributed by atoms with Gasteiger partial charge in [0.15, 0.2) is 0 Å². The van der Waals surface area contributed by atoms with Gasteiger partial charge in [-0.3, -0.25) is 4.79 Å². The summed E-state index contributed by atoms with van der Waals surface area (Å²) >= 11 is 5.88. The van der Waals surface area contributed by atoms with Gasteiger partial charge in [0.2, 0.25) is 5.91 Å². The van der Waals surface area contributed by atoms with E-state index in [1.54, 1.807) is 0 Å². The van der Waals surface area contributed by atoms with Crippen LogP contribution in [0.25, 0.3) is 0 Å². The summed E-state index contributed by atoms with van der Waals surface area (Å²) in [6.07, 6.45) is 4.94. The molecule has 4 nitrogen and oxygen atoms in total. The number of carbonyl (C=O) groups excluding carboxylic acids is 1. The summed E-state index contributed by atoms with van der Waals surface area (Å²) in [5.74, 6) is 0.218. The molecule has 2 aliphatic rings. The highest BCUT2D eigenvalue weighted by Crippen LogP contribution is 2.33. The molecular formula is C16H19ClF2N2O2. The number of hydrogen-bond donors (Lipinski definition) is 2. The number of halogens is 3. The van der Waals surface area contributed by atoms with Crippen LogP contribution >= 0.6 is 11.6 Å². The number of alkyl halides is 2. The summed E-state index contributed by atoms with van der Waals surface area (Å²) in [5.41, 5.74) is 0.485. The number of benzene rings is 1. The molecule has 2 heterocycles. The molecule has 0 spiro atoms. The molecule has 126 valence electrons. The number of amides is 1. The lowest BCUT2D eigenvalue weighted by Gasteiger charge is -2.28. The van der Waals surface area contributed by atoms with Gasteiger partial charge in [-0.15, -0.1) is 0 Å². The van der Waals surface area contributed by atoms with E-state index in [-0.39, 0.29) is 16.7 Å². The number of anilines is 1. The van der Waals surface area contributed by atoms with Crippen LogP contribution in [0.3, 0.4) is 0 Å². The van der Waals surface area contributed by atoms with Crippen LogP contribution in [0.4, 0.5) is 14.5 Å². The van der Waals surface area contributed by atoms with Crippen molar-refractivity contribution in [2.45, 2.75) is 50.8 Å². The lowest BCUT2D eigenvalue weighted by Crippen LogP contribution is -2.39. The summed E-state index contributed by atoms with van der Waals surface area (Å²) in [4.78, 5) is 12.2. The second-order valence-electron chi connectivity index (χ2n) is 6.25. The van der Waals surface area contributed by atoms with Crippen molar-refractivity contribution in [2.75, 3.05) is 5.32 Å². The number of piperidine rings is 1. The van der Waals surface area contributed by atoms with Crippen LogP contribution < -0.4 is 15.4 Å². The van der Waals surface area contributed by atoms with E-state index in [0.29, 0.717) is 30.1 Å². The summed E-state index contributed by atoms with van der Waals surface area (Å²) in [6, 6.07) is 5.35. The van der Waals surface area contributed by atoms with E-state index in [1.807, 2.05) is 0 Å². The molecule has 1 amide bonds. The molecule has 23 heavy (non-hydrogen) atoms. The molecule has 2 N–H and O–H groups in total. The monoisotopic (exact) mass is 344 g/mol. The van der Waals surface area contributed by atoms with Gasteiger partial charge in [-0.25, -0.2) is 0 Å². The predicted molar refractivity (Wildman–Crippen MR) is 84.0 cm³/mol. The molecule has 0 radical (unpaired) electrons. The smallest absolute Gasteiger partial charge is 0.387 e. The first-order valence-electron chi connectivity index (χ1n) is 7.80. The Balaban J connectivity index is 1.54. The minimum absolute atomic E-state index is 0.0445. The molecule has 1 aromatic carbocycles. The van der Waals surface area contributed by atoms with Crippen LogP contribution in [-0.2, 0) is 4.79 Å². The van der Waals surface area contributed by atoms with Crippen molar-refractivity contribution in [3.63, 3.8) is 0 Å². The summed E-state index contributed by atoms with van der Waals surface area (Å²) < 4.78 is 28.6. The zero-order valence-corrected chi connectivity index (χ0v) is 13.3. The van der Waals surface area contributed by atoms with Crippen molar-refractivity contribution >= 4 is 23.2 Å². The van der Waals surface area contributed by atoms with Gasteiger partial charge < -0.3 is 15.4 Å². The van der Waals surface area contributed by atoms with Gasteiger partial charge in [-0.05, 0) is 49.8 Å². The highest BCUT2D eigenvalue weighted by Gasteiger charge is 2.34. The van der Waals surface area contributed by atoms with Crippen molar-refractivity contribution < 1.29 is 18.3 Å². The predicted octanol–water partition coefficient (Wildman–Crippen LogP) is 3.80. The second kappa shape index (κ2) is 7.01. The highest BCUT2D eigenvalue weighted by atomic mass is 35.5. The van der Waals surface area contributed by atoms with Crippen LogP contribution in [-0.4, -0.2) is 24.6 Å². The van der Waals surface area contributed by atoms with E-state index in [4.69, 9.17) is 11.6 Å². The maximum absolute atomic E-state index is 12.2. The third-order valence-electron chi connectivity index (χ3n) is 4.48. The van der Waals surface area contributed by atoms with E-state index in [2.05, 4.69) is 15.4 Å². The molecule has 2 bridgehead atoms. The third kappa shape index (κ3) is 4.32. The SMILES string of the molecule is O=C(CC1CC2CCC(C1)N2)Nc1ccc(OC(F)F)c(Cl)c1.